The fourth-order valence-electron chi connectivity index (χ4n) is 2.22. The zero-order valence-electron chi connectivity index (χ0n) is 10.4. The van der Waals surface area contributed by atoms with Gasteiger partial charge in [-0.3, -0.25) is 0 Å². The van der Waals surface area contributed by atoms with Crippen LogP contribution in [-0.4, -0.2) is 29.3 Å². The van der Waals surface area contributed by atoms with Gasteiger partial charge in [0.25, 0.3) is 0 Å². The Morgan fingerprint density at radius 2 is 2.31 bits per heavy atom. The van der Waals surface area contributed by atoms with Crippen molar-refractivity contribution in [3.05, 3.63) is 11.9 Å². The summed E-state index contributed by atoms with van der Waals surface area (Å²) in [4.78, 5) is 4.51. The van der Waals surface area contributed by atoms with E-state index in [2.05, 4.69) is 28.0 Å². The molecule has 1 aromatic rings. The number of anilines is 1. The summed E-state index contributed by atoms with van der Waals surface area (Å²) in [5.74, 6) is 1.85. The molecule has 1 fully saturated rings. The van der Waals surface area contributed by atoms with Crippen LogP contribution in [0.5, 0.6) is 0 Å². The van der Waals surface area contributed by atoms with Gasteiger partial charge < -0.3 is 14.6 Å². The maximum atomic E-state index is 5.10. The van der Waals surface area contributed by atoms with Crippen molar-refractivity contribution in [1.82, 2.24) is 9.55 Å². The van der Waals surface area contributed by atoms with E-state index in [-0.39, 0.29) is 0 Å². The van der Waals surface area contributed by atoms with Crippen LogP contribution >= 0.6 is 0 Å². The number of nitrogens with zero attached hydrogens (tertiary/aromatic N) is 2. The quantitative estimate of drug-likeness (QED) is 0.830. The second-order valence-corrected chi connectivity index (χ2v) is 4.81. The highest BCUT2D eigenvalue weighted by atomic mass is 16.5. The molecule has 1 aliphatic rings. The van der Waals surface area contributed by atoms with Crippen molar-refractivity contribution in [2.75, 3.05) is 19.0 Å². The summed E-state index contributed by atoms with van der Waals surface area (Å²) >= 11 is 0. The van der Waals surface area contributed by atoms with Gasteiger partial charge in [0.1, 0.15) is 0 Å². The van der Waals surface area contributed by atoms with E-state index < -0.39 is 0 Å². The highest BCUT2D eigenvalue weighted by Crippen LogP contribution is 2.29. The molecule has 0 aromatic carbocycles. The van der Waals surface area contributed by atoms with Gasteiger partial charge in [-0.2, -0.15) is 0 Å². The van der Waals surface area contributed by atoms with E-state index in [0.29, 0.717) is 6.04 Å². The number of aromatic nitrogens is 2. The van der Waals surface area contributed by atoms with E-state index in [9.17, 15) is 0 Å². The zero-order valence-corrected chi connectivity index (χ0v) is 10.4. The van der Waals surface area contributed by atoms with E-state index in [1.807, 2.05) is 6.92 Å². The molecule has 2 rings (SSSR count). The lowest BCUT2D eigenvalue weighted by atomic mass is 9.82. The fourth-order valence-corrected chi connectivity index (χ4v) is 2.22. The summed E-state index contributed by atoms with van der Waals surface area (Å²) in [7, 11) is 1.73. The molecule has 0 aliphatic heterocycles. The van der Waals surface area contributed by atoms with Crippen molar-refractivity contribution >= 4 is 5.95 Å². The van der Waals surface area contributed by atoms with Crippen LogP contribution in [0.1, 0.15) is 25.5 Å². The maximum Gasteiger partial charge on any atom is 0.203 e. The Morgan fingerprint density at radius 1 is 1.56 bits per heavy atom. The summed E-state index contributed by atoms with van der Waals surface area (Å²) < 4.78 is 7.24. The molecule has 1 heterocycles. The van der Waals surface area contributed by atoms with Gasteiger partial charge in [-0.05, 0) is 25.7 Å². The predicted molar refractivity (Wildman–Crippen MR) is 64.6 cm³/mol. The van der Waals surface area contributed by atoms with Crippen LogP contribution in [0.4, 0.5) is 5.95 Å². The molecule has 0 bridgehead atoms. The van der Waals surface area contributed by atoms with Crippen molar-refractivity contribution in [2.24, 2.45) is 5.92 Å². The van der Waals surface area contributed by atoms with E-state index in [1.54, 1.807) is 7.11 Å². The fraction of sp³-hybridized carbons (Fsp3) is 0.750. The minimum Gasteiger partial charge on any atom is -0.383 e. The number of methoxy groups -OCH3 is 1. The Kier molecular flexibility index (Phi) is 3.49. The lowest BCUT2D eigenvalue weighted by Crippen LogP contribution is -2.34. The smallest absolute Gasteiger partial charge is 0.203 e. The Balaban J connectivity index is 1.96. The van der Waals surface area contributed by atoms with Crippen LogP contribution in [0.3, 0.4) is 0 Å². The van der Waals surface area contributed by atoms with Crippen LogP contribution < -0.4 is 5.32 Å². The van der Waals surface area contributed by atoms with Crippen LogP contribution in [0.25, 0.3) is 0 Å². The number of aryl methyl sites for hydroxylation is 1. The first kappa shape index (κ1) is 11.5. The lowest BCUT2D eigenvalue weighted by molar-refractivity contribution is 0.187. The summed E-state index contributed by atoms with van der Waals surface area (Å²) in [6.45, 7) is 5.91. The normalized spacial score (nSPS) is 24.2. The molecule has 16 heavy (non-hydrogen) atoms. The second kappa shape index (κ2) is 4.87. The molecule has 90 valence electrons. The highest BCUT2D eigenvalue weighted by molar-refractivity contribution is 5.31. The topological polar surface area (TPSA) is 39.1 Å². The maximum absolute atomic E-state index is 5.10. The Hall–Kier alpha value is -1.03. The van der Waals surface area contributed by atoms with Crippen molar-refractivity contribution in [3.63, 3.8) is 0 Å². The predicted octanol–water partition coefficient (Wildman–Crippen LogP) is 2.05. The Bertz CT molecular complexity index is 342. The Labute approximate surface area is 97.0 Å². The number of nitrogens with one attached hydrogen (secondary N) is 1. The van der Waals surface area contributed by atoms with Crippen LogP contribution in [0, 0.1) is 12.8 Å². The minimum absolute atomic E-state index is 0.609. The molecule has 0 atom stereocenters. The summed E-state index contributed by atoms with van der Waals surface area (Å²) in [6, 6.07) is 0.609. The van der Waals surface area contributed by atoms with Crippen molar-refractivity contribution < 1.29 is 4.74 Å². The molecule has 4 nitrogen and oxygen atoms in total. The van der Waals surface area contributed by atoms with Gasteiger partial charge in [-0.25, -0.2) is 4.98 Å². The lowest BCUT2D eigenvalue weighted by Gasteiger charge is -2.33. The zero-order chi connectivity index (χ0) is 11.5. The first-order valence-electron chi connectivity index (χ1n) is 5.98. The third-order valence-electron chi connectivity index (χ3n) is 3.14. The van der Waals surface area contributed by atoms with Crippen LogP contribution in [-0.2, 0) is 11.3 Å². The molecule has 1 saturated carbocycles. The van der Waals surface area contributed by atoms with Gasteiger partial charge in [0.05, 0.1) is 12.3 Å². The molecule has 0 radical (unpaired) electrons. The number of hydrogen-bond acceptors (Lipinski definition) is 3. The first-order chi connectivity index (χ1) is 7.69. The molecule has 1 aromatic heterocycles. The largest absolute Gasteiger partial charge is 0.383 e. The van der Waals surface area contributed by atoms with Gasteiger partial charge in [-0.15, -0.1) is 0 Å². The van der Waals surface area contributed by atoms with Gasteiger partial charge in [0.2, 0.25) is 5.95 Å². The van der Waals surface area contributed by atoms with Gasteiger partial charge in [0.15, 0.2) is 0 Å². The number of ether oxygens (including phenoxy) is 1. The van der Waals surface area contributed by atoms with Crippen molar-refractivity contribution in [1.29, 1.82) is 0 Å². The summed E-state index contributed by atoms with van der Waals surface area (Å²) in [6.07, 6.45) is 4.59. The third kappa shape index (κ3) is 2.55. The molecular weight excluding hydrogens is 202 g/mol. The minimum atomic E-state index is 0.609. The molecule has 0 spiro atoms. The van der Waals surface area contributed by atoms with Crippen molar-refractivity contribution in [3.8, 4) is 0 Å². The van der Waals surface area contributed by atoms with Crippen LogP contribution in [0.15, 0.2) is 6.20 Å². The molecule has 0 amide bonds. The number of hydrogen-bond donors (Lipinski definition) is 1. The highest BCUT2D eigenvalue weighted by Gasteiger charge is 2.26. The summed E-state index contributed by atoms with van der Waals surface area (Å²) in [5, 5.41) is 3.50. The van der Waals surface area contributed by atoms with E-state index in [0.717, 1.165) is 30.7 Å². The molecular formula is C12H21N3O. The monoisotopic (exact) mass is 223 g/mol. The molecule has 0 saturated heterocycles. The third-order valence-corrected chi connectivity index (χ3v) is 3.14. The standard InChI is InChI=1S/C12H21N3O/c1-9-6-11(7-9)14-12-13-10(2)8-15(12)4-5-16-3/h8-9,11H,4-7H2,1-3H3,(H,13,14). The van der Waals surface area contributed by atoms with Gasteiger partial charge in [0, 0.05) is 25.9 Å². The molecule has 1 N–H and O–H groups in total. The molecule has 0 unspecified atom stereocenters. The Morgan fingerprint density at radius 3 is 2.94 bits per heavy atom. The molecule has 1 aliphatic carbocycles. The number of imidazole rings is 1. The first-order valence-corrected chi connectivity index (χ1v) is 5.98. The van der Waals surface area contributed by atoms with Crippen molar-refractivity contribution in [2.45, 2.75) is 39.3 Å². The van der Waals surface area contributed by atoms with E-state index >= 15 is 0 Å². The van der Waals surface area contributed by atoms with Gasteiger partial charge in [-0.1, -0.05) is 6.92 Å². The average Bonchev–Trinajstić information content (AvgIpc) is 2.54. The number of rotatable bonds is 5. The molecule has 4 heteroatoms. The van der Waals surface area contributed by atoms with E-state index in [4.69, 9.17) is 4.74 Å². The second-order valence-electron chi connectivity index (χ2n) is 4.81. The average molecular weight is 223 g/mol. The van der Waals surface area contributed by atoms with Crippen LogP contribution in [0.2, 0.25) is 0 Å². The van der Waals surface area contributed by atoms with E-state index in [1.165, 1.54) is 12.8 Å². The SMILES string of the molecule is COCCn1cc(C)nc1NC1CC(C)C1. The summed E-state index contributed by atoms with van der Waals surface area (Å²) in [5.41, 5.74) is 1.06. The van der Waals surface area contributed by atoms with Gasteiger partial charge >= 0.3 is 0 Å².